The highest BCUT2D eigenvalue weighted by atomic mass is 16.3. The van der Waals surface area contributed by atoms with Crippen molar-refractivity contribution in [3.63, 3.8) is 0 Å². The van der Waals surface area contributed by atoms with Gasteiger partial charge in [0, 0.05) is 10.8 Å². The van der Waals surface area contributed by atoms with Crippen LogP contribution in [0, 0.1) is 0 Å². The first-order chi connectivity index (χ1) is 25.8. The standard InChI is InChI=1S/C46H28O/c1-2-13-29(14-3-1)30-25-26-42-41(27-30)46-39(23-12-24-43(46)47-42)44-35-19-8-10-21-37(35)45(38-22-11-9-20-36(38)44)40-28-31-15-4-5-16-32(31)33-17-6-7-18-34(33)40/h1-28H/i12D,23D,24D,25D,26D,27D. The molecule has 0 aliphatic rings. The van der Waals surface area contributed by atoms with Crippen LogP contribution in [0.3, 0.4) is 0 Å². The van der Waals surface area contributed by atoms with Crippen LogP contribution in [-0.4, -0.2) is 0 Å². The van der Waals surface area contributed by atoms with E-state index in [4.69, 9.17) is 9.90 Å². The molecule has 0 amide bonds. The third kappa shape index (κ3) is 3.90. The summed E-state index contributed by atoms with van der Waals surface area (Å²) in [6.45, 7) is 0. The van der Waals surface area contributed by atoms with Crippen LogP contribution in [0.25, 0.3) is 98.4 Å². The average Bonchev–Trinajstić information content (AvgIpc) is 3.60. The Morgan fingerprint density at radius 1 is 0.404 bits per heavy atom. The molecule has 0 radical (unpaired) electrons. The van der Waals surface area contributed by atoms with Gasteiger partial charge in [0.25, 0.3) is 0 Å². The maximum absolute atomic E-state index is 9.55. The number of rotatable bonds is 3. The van der Waals surface area contributed by atoms with E-state index in [1.165, 1.54) is 5.39 Å². The number of hydrogen-bond donors (Lipinski definition) is 0. The van der Waals surface area contributed by atoms with E-state index in [-0.39, 0.29) is 58.4 Å². The smallest absolute Gasteiger partial charge is 0.136 e. The zero-order valence-corrected chi connectivity index (χ0v) is 25.1. The van der Waals surface area contributed by atoms with Gasteiger partial charge in [-0.3, -0.25) is 0 Å². The van der Waals surface area contributed by atoms with Crippen molar-refractivity contribution in [3.05, 3.63) is 170 Å². The van der Waals surface area contributed by atoms with Gasteiger partial charge in [-0.2, -0.15) is 0 Å². The van der Waals surface area contributed by atoms with E-state index < -0.39 is 0 Å². The normalized spacial score (nSPS) is 13.6. The van der Waals surface area contributed by atoms with Crippen molar-refractivity contribution in [2.24, 2.45) is 0 Å². The Morgan fingerprint density at radius 2 is 0.979 bits per heavy atom. The minimum absolute atomic E-state index is 0.00213. The minimum Gasteiger partial charge on any atom is -0.456 e. The van der Waals surface area contributed by atoms with E-state index in [0.717, 1.165) is 48.8 Å². The van der Waals surface area contributed by atoms with Gasteiger partial charge in [0.2, 0.25) is 0 Å². The second-order valence-corrected chi connectivity index (χ2v) is 11.9. The van der Waals surface area contributed by atoms with Crippen molar-refractivity contribution >= 4 is 65.0 Å². The van der Waals surface area contributed by atoms with Crippen LogP contribution in [0.2, 0.25) is 0 Å². The second kappa shape index (κ2) is 10.2. The van der Waals surface area contributed by atoms with Crippen LogP contribution in [-0.2, 0) is 0 Å². The van der Waals surface area contributed by atoms with Gasteiger partial charge < -0.3 is 4.42 Å². The molecule has 9 aromatic carbocycles. The lowest BCUT2D eigenvalue weighted by atomic mass is 9.83. The minimum atomic E-state index is -0.309. The summed E-state index contributed by atoms with van der Waals surface area (Å²) in [5.41, 5.74) is 4.11. The van der Waals surface area contributed by atoms with Crippen LogP contribution in [0.5, 0.6) is 0 Å². The van der Waals surface area contributed by atoms with Gasteiger partial charge in [0.15, 0.2) is 0 Å². The summed E-state index contributed by atoms with van der Waals surface area (Å²) in [7, 11) is 0. The quantitative estimate of drug-likeness (QED) is 0.145. The third-order valence-corrected chi connectivity index (χ3v) is 9.35. The van der Waals surface area contributed by atoms with Crippen molar-refractivity contribution in [1.29, 1.82) is 0 Å². The molecule has 0 fully saturated rings. The van der Waals surface area contributed by atoms with Gasteiger partial charge in [0.1, 0.15) is 11.2 Å². The lowest BCUT2D eigenvalue weighted by Crippen LogP contribution is -1.92. The van der Waals surface area contributed by atoms with E-state index >= 15 is 0 Å². The van der Waals surface area contributed by atoms with Gasteiger partial charge in [0.05, 0.1) is 8.22 Å². The Hall–Kier alpha value is -6.18. The molecular weight excluding hydrogens is 569 g/mol. The molecule has 0 saturated heterocycles. The van der Waals surface area contributed by atoms with Crippen molar-refractivity contribution in [2.75, 3.05) is 0 Å². The molecule has 1 aromatic heterocycles. The predicted molar refractivity (Wildman–Crippen MR) is 200 cm³/mol. The zero-order valence-electron chi connectivity index (χ0n) is 31.1. The van der Waals surface area contributed by atoms with Gasteiger partial charge in [-0.1, -0.05) is 146 Å². The van der Waals surface area contributed by atoms with Crippen LogP contribution in [0.15, 0.2) is 174 Å². The summed E-state index contributed by atoms with van der Waals surface area (Å²) in [6, 6.07) is 43.3. The molecule has 0 atom stereocenters. The molecule has 0 unspecified atom stereocenters. The molecule has 47 heavy (non-hydrogen) atoms. The highest BCUT2D eigenvalue weighted by Crippen LogP contribution is 2.48. The van der Waals surface area contributed by atoms with Gasteiger partial charge in [-0.15, -0.1) is 0 Å². The lowest BCUT2D eigenvalue weighted by Gasteiger charge is -2.20. The molecule has 218 valence electrons. The fourth-order valence-corrected chi connectivity index (χ4v) is 7.34. The molecule has 10 aromatic rings. The maximum atomic E-state index is 9.55. The van der Waals surface area contributed by atoms with E-state index in [0.29, 0.717) is 22.1 Å². The molecule has 0 aliphatic carbocycles. The van der Waals surface area contributed by atoms with Crippen molar-refractivity contribution in [3.8, 4) is 33.4 Å². The highest BCUT2D eigenvalue weighted by Gasteiger charge is 2.21. The molecule has 1 heterocycles. The molecule has 0 bridgehead atoms. The summed E-state index contributed by atoms with van der Waals surface area (Å²) < 4.78 is 61.3. The fourth-order valence-electron chi connectivity index (χ4n) is 7.34. The summed E-state index contributed by atoms with van der Waals surface area (Å²) in [6.07, 6.45) is 0. The Bertz CT molecular complexity index is 3130. The first-order valence-electron chi connectivity index (χ1n) is 18.7. The predicted octanol–water partition coefficient (Wildman–Crippen LogP) is 13.2. The number of furan rings is 1. The number of fused-ring (bicyclic) bond motifs is 8. The Balaban J connectivity index is 1.42. The molecule has 0 aliphatic heterocycles. The first kappa shape index (κ1) is 20.8. The Kier molecular flexibility index (Phi) is 4.49. The van der Waals surface area contributed by atoms with Crippen LogP contribution < -0.4 is 0 Å². The molecule has 1 nitrogen and oxygen atoms in total. The van der Waals surface area contributed by atoms with E-state index in [2.05, 4.69) is 66.7 Å². The third-order valence-electron chi connectivity index (χ3n) is 9.35. The van der Waals surface area contributed by atoms with Crippen LogP contribution in [0.4, 0.5) is 0 Å². The largest absolute Gasteiger partial charge is 0.456 e. The number of benzene rings is 9. The van der Waals surface area contributed by atoms with Gasteiger partial charge in [-0.25, -0.2) is 0 Å². The number of hydrogen-bond acceptors (Lipinski definition) is 1. The lowest BCUT2D eigenvalue weighted by molar-refractivity contribution is 0.669. The van der Waals surface area contributed by atoms with Crippen molar-refractivity contribution < 1.29 is 12.6 Å². The van der Waals surface area contributed by atoms with Crippen molar-refractivity contribution in [1.82, 2.24) is 0 Å². The summed E-state index contributed by atoms with van der Waals surface area (Å²) in [4.78, 5) is 0. The summed E-state index contributed by atoms with van der Waals surface area (Å²) in [5, 5.41) is 8.76. The molecule has 0 saturated carbocycles. The van der Waals surface area contributed by atoms with E-state index in [1.807, 2.05) is 66.7 Å². The Morgan fingerprint density at radius 3 is 1.68 bits per heavy atom. The SMILES string of the molecule is [2H]c1c(-c2ccccc2)c([2H])c2c(oc3c([2H])c([2H])c([2H])c(-c4c5ccccc5c(-c5cc6ccccc6c6ccccc56)c5ccccc45)c32)c1[2H]. The van der Waals surface area contributed by atoms with E-state index in [9.17, 15) is 2.74 Å². The molecule has 1 heteroatoms. The van der Waals surface area contributed by atoms with Crippen molar-refractivity contribution in [2.45, 2.75) is 0 Å². The molecule has 0 spiro atoms. The molecule has 10 rings (SSSR count). The van der Waals surface area contributed by atoms with Crippen LogP contribution in [0.1, 0.15) is 8.22 Å². The summed E-state index contributed by atoms with van der Waals surface area (Å²) in [5.74, 6) is 0. The molecular formula is C46H28O. The Labute approximate surface area is 280 Å². The van der Waals surface area contributed by atoms with Gasteiger partial charge in [-0.05, 0) is 101 Å². The van der Waals surface area contributed by atoms with E-state index in [1.54, 1.807) is 0 Å². The maximum Gasteiger partial charge on any atom is 0.136 e. The molecule has 0 N–H and O–H groups in total. The fraction of sp³-hybridized carbons (Fsp3) is 0. The topological polar surface area (TPSA) is 13.1 Å². The highest BCUT2D eigenvalue weighted by molar-refractivity contribution is 6.28. The van der Waals surface area contributed by atoms with Gasteiger partial charge >= 0.3 is 0 Å². The monoisotopic (exact) mass is 602 g/mol. The van der Waals surface area contributed by atoms with Crippen LogP contribution >= 0.6 is 0 Å². The summed E-state index contributed by atoms with van der Waals surface area (Å²) >= 11 is 0. The first-order valence-corrected chi connectivity index (χ1v) is 15.7. The second-order valence-electron chi connectivity index (χ2n) is 11.9. The zero-order chi connectivity index (χ0) is 36.1. The average molecular weight is 603 g/mol.